The van der Waals surface area contributed by atoms with Crippen LogP contribution in [-0.4, -0.2) is 8.07 Å². The van der Waals surface area contributed by atoms with Gasteiger partial charge in [-0.3, -0.25) is 0 Å². The zero-order valence-electron chi connectivity index (χ0n) is 43.7. The number of fused-ring (bicyclic) bond motifs is 13. The highest BCUT2D eigenvalue weighted by molar-refractivity contribution is 6.88. The number of furan rings is 3. The van der Waals surface area contributed by atoms with Gasteiger partial charge in [-0.1, -0.05) is 225 Å². The van der Waals surface area contributed by atoms with Gasteiger partial charge in [0.25, 0.3) is 0 Å². The first-order chi connectivity index (χ1) is 38.2. The van der Waals surface area contributed by atoms with Crippen LogP contribution in [0.25, 0.3) is 110 Å². The summed E-state index contributed by atoms with van der Waals surface area (Å²) in [7, 11) is -1.63. The first-order valence-corrected chi connectivity index (χ1v) is 30.3. The third-order valence-corrected chi connectivity index (χ3v) is 17.9. The molecule has 0 N–H and O–H groups in total. The summed E-state index contributed by atoms with van der Waals surface area (Å²) >= 11 is 0. The van der Waals surface area contributed by atoms with Crippen LogP contribution in [0.2, 0.25) is 19.6 Å². The lowest BCUT2D eigenvalue weighted by Crippen LogP contribution is -2.37. The van der Waals surface area contributed by atoms with E-state index in [1.807, 2.05) is 0 Å². The number of benzene rings is 12. The number of nitrogens with zero attached hydrogens (tertiary/aromatic N) is 2. The fourth-order valence-electron chi connectivity index (χ4n) is 12.1. The quantitative estimate of drug-likeness (QED) is 0.135. The van der Waals surface area contributed by atoms with Crippen molar-refractivity contribution in [2.45, 2.75) is 26.6 Å². The molecule has 0 amide bonds. The monoisotopic (exact) mass is 1020 g/mol. The minimum absolute atomic E-state index is 0.792. The Hall–Kier alpha value is -9.62. The summed E-state index contributed by atoms with van der Waals surface area (Å²) in [6, 6.07) is 87.1. The van der Waals surface area contributed by atoms with Gasteiger partial charge < -0.3 is 23.1 Å². The van der Waals surface area contributed by atoms with Gasteiger partial charge in [-0.15, -0.1) is 0 Å². The molecule has 0 aliphatic rings. The highest BCUT2D eigenvalue weighted by atomic mass is 28.3. The third kappa shape index (κ3) is 7.21. The minimum Gasteiger partial charge on any atom is -0.456 e. The van der Waals surface area contributed by atoms with Crippen molar-refractivity contribution in [3.05, 3.63) is 248 Å². The van der Waals surface area contributed by atoms with Crippen LogP contribution >= 0.6 is 0 Å². The molecule has 5 nitrogen and oxygen atoms in total. The zero-order chi connectivity index (χ0) is 52.2. The van der Waals surface area contributed by atoms with Crippen molar-refractivity contribution >= 4 is 135 Å². The second kappa shape index (κ2) is 17.7. The van der Waals surface area contributed by atoms with E-state index in [-0.39, 0.29) is 0 Å². The van der Waals surface area contributed by atoms with Gasteiger partial charge in [-0.2, -0.15) is 0 Å². The molecule has 12 aromatic carbocycles. The van der Waals surface area contributed by atoms with Crippen molar-refractivity contribution in [2.75, 3.05) is 9.80 Å². The van der Waals surface area contributed by atoms with Gasteiger partial charge in [-0.25, -0.2) is 0 Å². The number of rotatable bonds is 9. The lowest BCUT2D eigenvalue weighted by atomic mass is 9.96. The van der Waals surface area contributed by atoms with Crippen LogP contribution in [-0.2, 0) is 0 Å². The van der Waals surface area contributed by atoms with Crippen LogP contribution in [0.15, 0.2) is 256 Å². The van der Waals surface area contributed by atoms with Gasteiger partial charge in [0.2, 0.25) is 0 Å². The molecule has 0 saturated heterocycles. The van der Waals surface area contributed by atoms with Gasteiger partial charge in [0.05, 0.1) is 30.8 Å². The summed E-state index contributed by atoms with van der Waals surface area (Å²) < 4.78 is 21.7. The van der Waals surface area contributed by atoms with E-state index in [1.165, 1.54) is 10.8 Å². The molecule has 6 heteroatoms. The standard InChI is InChI=1S/C72H52N2O3Si/c1-45-35-37-48(38-36-45)73(61-33-17-31-59-57-29-15-27-51(69(57)76-71(59)61)46-19-7-5-8-20-46)63-43-65-67(55-25-13-11-23-53(55)63)68-56-26-14-12-24-54(56)64(44-66(68)75-65)74(49-39-41-50(42-40-49)78(2,3)4)62-34-18-32-60-58-30-16-28-52(70(58)77-72(60)62)47-21-9-6-10-22-47/h5-44H,1-4H3. The normalized spacial score (nSPS) is 12.1. The van der Waals surface area contributed by atoms with Crippen molar-refractivity contribution in [3.8, 4) is 22.3 Å². The van der Waals surface area contributed by atoms with Crippen LogP contribution < -0.4 is 15.0 Å². The Kier molecular flexibility index (Phi) is 10.4. The number of hydrogen-bond acceptors (Lipinski definition) is 5. The van der Waals surface area contributed by atoms with E-state index < -0.39 is 8.07 Å². The van der Waals surface area contributed by atoms with Gasteiger partial charge in [0.15, 0.2) is 11.2 Å². The van der Waals surface area contributed by atoms with Gasteiger partial charge >= 0.3 is 0 Å². The van der Waals surface area contributed by atoms with E-state index in [0.29, 0.717) is 0 Å². The second-order valence-corrected chi connectivity index (χ2v) is 26.7. The maximum atomic E-state index is 7.38. The molecule has 0 radical (unpaired) electrons. The van der Waals surface area contributed by atoms with E-state index in [9.17, 15) is 0 Å². The Morgan fingerprint density at radius 2 is 0.679 bits per heavy atom. The molecule has 372 valence electrons. The first kappa shape index (κ1) is 45.7. The van der Waals surface area contributed by atoms with Crippen molar-refractivity contribution in [2.24, 2.45) is 0 Å². The predicted molar refractivity (Wildman–Crippen MR) is 331 cm³/mol. The minimum atomic E-state index is -1.63. The Labute approximate surface area is 452 Å². The Morgan fingerprint density at radius 3 is 1.12 bits per heavy atom. The maximum Gasteiger partial charge on any atom is 0.159 e. The molecule has 0 bridgehead atoms. The van der Waals surface area contributed by atoms with E-state index in [4.69, 9.17) is 13.3 Å². The molecular formula is C72H52N2O3Si. The zero-order valence-corrected chi connectivity index (χ0v) is 44.7. The van der Waals surface area contributed by atoms with E-state index in [2.05, 4.69) is 279 Å². The van der Waals surface area contributed by atoms with Gasteiger partial charge in [0, 0.05) is 77.7 Å². The van der Waals surface area contributed by atoms with Crippen LogP contribution in [0, 0.1) is 6.92 Å². The van der Waals surface area contributed by atoms with Crippen molar-refractivity contribution in [1.82, 2.24) is 0 Å². The lowest BCUT2D eigenvalue weighted by molar-refractivity contribution is 0.668. The molecule has 3 aromatic heterocycles. The summed E-state index contributed by atoms with van der Waals surface area (Å²) in [5.74, 6) is 0. The summed E-state index contributed by atoms with van der Waals surface area (Å²) in [6.07, 6.45) is 0. The third-order valence-electron chi connectivity index (χ3n) is 15.9. The average Bonchev–Trinajstić information content (AvgIpc) is 4.39. The molecule has 0 aliphatic carbocycles. The van der Waals surface area contributed by atoms with Crippen LogP contribution in [0.3, 0.4) is 0 Å². The molecule has 0 saturated carbocycles. The number of para-hydroxylation sites is 4. The molecule has 0 aliphatic heterocycles. The molecule has 78 heavy (non-hydrogen) atoms. The van der Waals surface area contributed by atoms with E-state index in [0.717, 1.165) is 144 Å². The Morgan fingerprint density at radius 1 is 0.308 bits per heavy atom. The predicted octanol–water partition coefficient (Wildman–Crippen LogP) is 20.8. The molecule has 15 aromatic rings. The SMILES string of the molecule is Cc1ccc(N(c2cc3oc4cc(N(c5ccc([Si](C)(C)C)cc5)c5cccc6c5oc5c(-c7ccccc7)cccc56)c5ccccc5c4c3c3ccccc23)c2cccc3c2oc2c(-c4ccccc4)cccc23)cc1. The molecule has 0 fully saturated rings. The number of aryl methyl sites for hydroxylation is 1. The Balaban J connectivity index is 0.986. The summed E-state index contributed by atoms with van der Waals surface area (Å²) in [6.45, 7) is 9.34. The molecular weight excluding hydrogens is 969 g/mol. The van der Waals surface area contributed by atoms with E-state index >= 15 is 0 Å². The van der Waals surface area contributed by atoms with Crippen molar-refractivity contribution < 1.29 is 13.3 Å². The summed E-state index contributed by atoms with van der Waals surface area (Å²) in [5.41, 5.74) is 16.4. The molecule has 0 atom stereocenters. The first-order valence-electron chi connectivity index (χ1n) is 26.8. The highest BCUT2D eigenvalue weighted by Gasteiger charge is 2.28. The topological polar surface area (TPSA) is 45.9 Å². The number of anilines is 6. The molecule has 3 heterocycles. The smallest absolute Gasteiger partial charge is 0.159 e. The second-order valence-electron chi connectivity index (χ2n) is 21.6. The highest BCUT2D eigenvalue weighted by Crippen LogP contribution is 2.52. The van der Waals surface area contributed by atoms with Gasteiger partial charge in [-0.05, 0) is 65.2 Å². The Bertz CT molecular complexity index is 4840. The summed E-state index contributed by atoms with van der Waals surface area (Å²) in [5, 5.41) is 12.2. The van der Waals surface area contributed by atoms with Crippen LogP contribution in [0.1, 0.15) is 5.56 Å². The maximum absolute atomic E-state index is 7.38. The average molecular weight is 1020 g/mol. The van der Waals surface area contributed by atoms with Crippen molar-refractivity contribution in [3.63, 3.8) is 0 Å². The summed E-state index contributed by atoms with van der Waals surface area (Å²) in [4.78, 5) is 4.74. The largest absolute Gasteiger partial charge is 0.456 e. The fourth-order valence-corrected chi connectivity index (χ4v) is 13.3. The van der Waals surface area contributed by atoms with Crippen LogP contribution in [0.5, 0.6) is 0 Å². The molecule has 0 unspecified atom stereocenters. The van der Waals surface area contributed by atoms with Gasteiger partial charge in [0.1, 0.15) is 22.3 Å². The molecule has 15 rings (SSSR count). The number of hydrogen-bond donors (Lipinski definition) is 0. The van der Waals surface area contributed by atoms with E-state index in [1.54, 1.807) is 0 Å². The van der Waals surface area contributed by atoms with Crippen molar-refractivity contribution in [1.29, 1.82) is 0 Å². The lowest BCUT2D eigenvalue weighted by Gasteiger charge is -2.28. The van der Waals surface area contributed by atoms with Crippen LogP contribution in [0.4, 0.5) is 34.1 Å². The molecule has 0 spiro atoms. The fraction of sp³-hybridized carbons (Fsp3) is 0.0556.